The van der Waals surface area contributed by atoms with Crippen molar-refractivity contribution in [3.63, 3.8) is 0 Å². The van der Waals surface area contributed by atoms with Gasteiger partial charge in [-0.1, -0.05) is 24.3 Å². The Bertz CT molecular complexity index is 1080. The van der Waals surface area contributed by atoms with E-state index in [4.69, 9.17) is 15.2 Å². The van der Waals surface area contributed by atoms with Crippen LogP contribution in [0.3, 0.4) is 0 Å². The molecule has 0 saturated carbocycles. The van der Waals surface area contributed by atoms with Gasteiger partial charge in [-0.05, 0) is 31.2 Å². The Morgan fingerprint density at radius 1 is 1.09 bits per heavy atom. The smallest absolute Gasteiger partial charge is 0.426 e. The number of alkyl halides is 5. The Hall–Kier alpha value is -3.58. The van der Waals surface area contributed by atoms with Crippen LogP contribution in [-0.2, 0) is 9.47 Å². The maximum absolute atomic E-state index is 13.1. The zero-order valence-electron chi connectivity index (χ0n) is 18.3. The standard InChI is InChI=1S/C22H21F5N4O4/c1-20(33-10-11-34-20)13-29-19(31-18(28)15-4-2-14(12-32)3-5-15)30-16-6-8-17(9-7-16)35-22(26,27)21(23,24)25/h2-9,12H,10-11,13H2,1H3,(H3,28,29,30,31). The van der Waals surface area contributed by atoms with Crippen molar-refractivity contribution in [2.24, 2.45) is 15.7 Å². The molecule has 3 N–H and O–H groups in total. The van der Waals surface area contributed by atoms with Crippen LogP contribution in [0.2, 0.25) is 0 Å². The van der Waals surface area contributed by atoms with Gasteiger partial charge in [-0.25, -0.2) is 4.99 Å². The minimum Gasteiger partial charge on any atom is -0.426 e. The Morgan fingerprint density at radius 2 is 1.69 bits per heavy atom. The molecular weight excluding hydrogens is 479 g/mol. The molecular formula is C22H21F5N4O4. The number of hydrogen-bond acceptors (Lipinski definition) is 5. The number of carbonyl (C=O) groups is 1. The van der Waals surface area contributed by atoms with Crippen LogP contribution in [0.25, 0.3) is 0 Å². The van der Waals surface area contributed by atoms with Crippen LogP contribution in [0, 0.1) is 0 Å². The van der Waals surface area contributed by atoms with Gasteiger partial charge in [0.15, 0.2) is 5.79 Å². The second-order valence-corrected chi connectivity index (χ2v) is 7.47. The molecule has 1 aliphatic rings. The molecule has 35 heavy (non-hydrogen) atoms. The van der Waals surface area contributed by atoms with Crippen LogP contribution >= 0.6 is 0 Å². The van der Waals surface area contributed by atoms with E-state index >= 15 is 0 Å². The minimum atomic E-state index is -5.86. The van der Waals surface area contributed by atoms with E-state index in [9.17, 15) is 26.7 Å². The third-order valence-corrected chi connectivity index (χ3v) is 4.67. The molecule has 0 atom stereocenters. The first kappa shape index (κ1) is 26.0. The maximum atomic E-state index is 13.1. The van der Waals surface area contributed by atoms with E-state index in [2.05, 4.69) is 20.0 Å². The number of nitrogens with two attached hydrogens (primary N) is 1. The first-order valence-corrected chi connectivity index (χ1v) is 10.1. The lowest BCUT2D eigenvalue weighted by molar-refractivity contribution is -0.360. The van der Waals surface area contributed by atoms with Gasteiger partial charge in [0.05, 0.1) is 19.8 Å². The Labute approximate surface area is 196 Å². The predicted molar refractivity (Wildman–Crippen MR) is 117 cm³/mol. The SMILES string of the molecule is CC1(CN=C(N=C(N)c2ccc(C=O)cc2)Nc2ccc(OC(F)(F)C(F)(F)F)cc2)OCCO1. The van der Waals surface area contributed by atoms with E-state index < -0.39 is 23.8 Å². The van der Waals surface area contributed by atoms with Gasteiger partial charge in [0, 0.05) is 16.8 Å². The second-order valence-electron chi connectivity index (χ2n) is 7.47. The zero-order chi connectivity index (χ0) is 25.7. The molecule has 1 heterocycles. The van der Waals surface area contributed by atoms with E-state index in [1.807, 2.05) is 0 Å². The van der Waals surface area contributed by atoms with Crippen molar-refractivity contribution >= 4 is 23.8 Å². The first-order valence-electron chi connectivity index (χ1n) is 10.1. The summed E-state index contributed by atoms with van der Waals surface area (Å²) in [7, 11) is 0. The summed E-state index contributed by atoms with van der Waals surface area (Å²) in [6, 6.07) is 10.5. The lowest BCUT2D eigenvalue weighted by atomic mass is 10.1. The number of aliphatic imine (C=N–C) groups is 2. The molecule has 1 saturated heterocycles. The maximum Gasteiger partial charge on any atom is 0.499 e. The van der Waals surface area contributed by atoms with E-state index in [1.165, 1.54) is 12.1 Å². The van der Waals surface area contributed by atoms with Crippen LogP contribution < -0.4 is 15.8 Å². The number of ether oxygens (including phenoxy) is 3. The van der Waals surface area contributed by atoms with Gasteiger partial charge < -0.3 is 25.3 Å². The van der Waals surface area contributed by atoms with Crippen molar-refractivity contribution in [3.05, 3.63) is 59.7 Å². The molecule has 0 aliphatic carbocycles. The Morgan fingerprint density at radius 3 is 2.23 bits per heavy atom. The van der Waals surface area contributed by atoms with Gasteiger partial charge in [-0.3, -0.25) is 4.79 Å². The number of nitrogens with zero attached hydrogens (tertiary/aromatic N) is 2. The van der Waals surface area contributed by atoms with E-state index in [0.29, 0.717) is 30.6 Å². The van der Waals surface area contributed by atoms with Crippen LogP contribution in [-0.4, -0.2) is 55.9 Å². The highest BCUT2D eigenvalue weighted by Crippen LogP contribution is 2.37. The number of guanidine groups is 1. The minimum absolute atomic E-state index is 0.0171. The summed E-state index contributed by atoms with van der Waals surface area (Å²) in [4.78, 5) is 19.4. The number of benzene rings is 2. The summed E-state index contributed by atoms with van der Waals surface area (Å²) in [5, 5.41) is 2.81. The highest BCUT2D eigenvalue weighted by atomic mass is 19.4. The fraction of sp³-hybridized carbons (Fsp3) is 0.318. The number of carbonyl (C=O) groups excluding carboxylic acids is 1. The number of amidine groups is 1. The normalized spacial score (nSPS) is 16.7. The van der Waals surface area contributed by atoms with Crippen molar-refractivity contribution in [3.8, 4) is 5.75 Å². The van der Waals surface area contributed by atoms with Crippen molar-refractivity contribution in [2.45, 2.75) is 25.0 Å². The average molecular weight is 500 g/mol. The van der Waals surface area contributed by atoms with Crippen molar-refractivity contribution in [2.75, 3.05) is 25.1 Å². The highest BCUT2D eigenvalue weighted by Gasteiger charge is 2.61. The molecule has 2 aromatic rings. The third kappa shape index (κ3) is 6.96. The van der Waals surface area contributed by atoms with Gasteiger partial charge in [0.2, 0.25) is 5.96 Å². The van der Waals surface area contributed by atoms with Crippen molar-refractivity contribution < 1.29 is 41.0 Å². The molecule has 1 fully saturated rings. The lowest BCUT2D eigenvalue weighted by Gasteiger charge is -2.20. The predicted octanol–water partition coefficient (Wildman–Crippen LogP) is 3.97. The lowest BCUT2D eigenvalue weighted by Crippen LogP contribution is -2.41. The van der Waals surface area contributed by atoms with Gasteiger partial charge >= 0.3 is 12.3 Å². The van der Waals surface area contributed by atoms with E-state index in [0.717, 1.165) is 12.1 Å². The quantitative estimate of drug-likeness (QED) is 0.258. The fourth-order valence-corrected chi connectivity index (χ4v) is 2.82. The van der Waals surface area contributed by atoms with Crippen LogP contribution in [0.5, 0.6) is 5.75 Å². The molecule has 0 aromatic heterocycles. The molecule has 8 nitrogen and oxygen atoms in total. The number of halogens is 5. The van der Waals surface area contributed by atoms with Gasteiger partial charge in [0.1, 0.15) is 17.9 Å². The topological polar surface area (TPSA) is 108 Å². The summed E-state index contributed by atoms with van der Waals surface area (Å²) >= 11 is 0. The number of rotatable bonds is 7. The average Bonchev–Trinajstić information content (AvgIpc) is 3.24. The van der Waals surface area contributed by atoms with Crippen LogP contribution in [0.4, 0.5) is 27.6 Å². The Balaban J connectivity index is 1.81. The zero-order valence-corrected chi connectivity index (χ0v) is 18.3. The number of hydrogen-bond donors (Lipinski definition) is 2. The molecule has 0 radical (unpaired) electrons. The largest absolute Gasteiger partial charge is 0.499 e. The van der Waals surface area contributed by atoms with Crippen molar-refractivity contribution in [1.29, 1.82) is 0 Å². The molecule has 0 unspecified atom stereocenters. The molecule has 13 heteroatoms. The van der Waals surface area contributed by atoms with Gasteiger partial charge in [0.25, 0.3) is 0 Å². The van der Waals surface area contributed by atoms with E-state index in [1.54, 1.807) is 31.2 Å². The summed E-state index contributed by atoms with van der Waals surface area (Å²) in [6.45, 7) is 2.47. The second kappa shape index (κ2) is 10.4. The summed E-state index contributed by atoms with van der Waals surface area (Å²) < 4.78 is 78.0. The van der Waals surface area contributed by atoms with E-state index in [-0.39, 0.29) is 24.0 Å². The monoisotopic (exact) mass is 500 g/mol. The molecule has 3 rings (SSSR count). The summed E-state index contributed by atoms with van der Waals surface area (Å²) in [6.07, 6.45) is -10.5. The molecule has 2 aromatic carbocycles. The molecule has 188 valence electrons. The number of anilines is 1. The molecule has 1 aliphatic heterocycles. The Kier molecular flexibility index (Phi) is 7.70. The molecule has 0 amide bonds. The third-order valence-electron chi connectivity index (χ3n) is 4.67. The summed E-state index contributed by atoms with van der Waals surface area (Å²) in [5.74, 6) is -1.67. The van der Waals surface area contributed by atoms with Gasteiger partial charge in [-0.15, -0.1) is 0 Å². The first-order chi connectivity index (χ1) is 16.4. The fourth-order valence-electron chi connectivity index (χ4n) is 2.82. The van der Waals surface area contributed by atoms with Crippen LogP contribution in [0.15, 0.2) is 58.5 Å². The molecule has 0 spiro atoms. The van der Waals surface area contributed by atoms with Crippen LogP contribution in [0.1, 0.15) is 22.8 Å². The van der Waals surface area contributed by atoms with Crippen molar-refractivity contribution in [1.82, 2.24) is 0 Å². The number of aldehydes is 1. The molecule has 0 bridgehead atoms. The number of nitrogens with one attached hydrogen (secondary N) is 1. The van der Waals surface area contributed by atoms with Gasteiger partial charge in [-0.2, -0.15) is 26.9 Å². The summed E-state index contributed by atoms with van der Waals surface area (Å²) in [5.41, 5.74) is 7.24. The highest BCUT2D eigenvalue weighted by molar-refractivity contribution is 6.08.